The summed E-state index contributed by atoms with van der Waals surface area (Å²) in [5, 5.41) is 3.87. The fourth-order valence-electron chi connectivity index (χ4n) is 0.486. The Balaban J connectivity index is 2.74. The van der Waals surface area contributed by atoms with Crippen LogP contribution >= 0.6 is 24.0 Å². The summed E-state index contributed by atoms with van der Waals surface area (Å²) >= 11 is 5.37. The van der Waals surface area contributed by atoms with Crippen LogP contribution in [0.5, 0.6) is 0 Å². The predicted molar refractivity (Wildman–Crippen MR) is 43.7 cm³/mol. The average molecular weight is 174 g/mol. The molecule has 0 aliphatic rings. The van der Waals surface area contributed by atoms with Crippen molar-refractivity contribution in [3.05, 3.63) is 5.51 Å². The van der Waals surface area contributed by atoms with Crippen LogP contribution in [0.15, 0.2) is 10.5 Å². The number of anilines is 1. The molecule has 0 aliphatic heterocycles. The van der Waals surface area contributed by atoms with Crippen LogP contribution in [0.2, 0.25) is 0 Å². The first-order chi connectivity index (χ1) is 4.70. The zero-order valence-electron chi connectivity index (χ0n) is 5.29. The number of aromatic nitrogens is 1. The SMILES string of the molecule is CC(=O)Nc1scnc1S. The average Bonchev–Trinajstić information content (AvgIpc) is 2.15. The number of hydrogen-bond acceptors (Lipinski definition) is 4. The van der Waals surface area contributed by atoms with Crippen molar-refractivity contribution in [1.29, 1.82) is 0 Å². The zero-order valence-corrected chi connectivity index (χ0v) is 7.00. The summed E-state index contributed by atoms with van der Waals surface area (Å²) in [6, 6.07) is 0. The Kier molecular flexibility index (Phi) is 2.29. The van der Waals surface area contributed by atoms with E-state index in [9.17, 15) is 4.79 Å². The van der Waals surface area contributed by atoms with Gasteiger partial charge in [-0.3, -0.25) is 4.79 Å². The van der Waals surface area contributed by atoms with Crippen molar-refractivity contribution in [2.75, 3.05) is 5.32 Å². The number of nitrogens with one attached hydrogen (secondary N) is 1. The third kappa shape index (κ3) is 1.71. The normalized spacial score (nSPS) is 9.40. The molecule has 1 aromatic heterocycles. The molecule has 1 rings (SSSR count). The lowest BCUT2D eigenvalue weighted by Gasteiger charge is -1.94. The van der Waals surface area contributed by atoms with Gasteiger partial charge in [-0.25, -0.2) is 4.98 Å². The summed E-state index contributed by atoms with van der Waals surface area (Å²) in [7, 11) is 0. The van der Waals surface area contributed by atoms with Gasteiger partial charge >= 0.3 is 0 Å². The van der Waals surface area contributed by atoms with Crippen LogP contribution in [0, 0.1) is 0 Å². The third-order valence-electron chi connectivity index (χ3n) is 0.838. The van der Waals surface area contributed by atoms with Crippen LogP contribution in [-0.2, 0) is 4.79 Å². The van der Waals surface area contributed by atoms with Crippen molar-refractivity contribution in [3.8, 4) is 0 Å². The van der Waals surface area contributed by atoms with E-state index in [2.05, 4.69) is 22.9 Å². The fourth-order valence-corrected chi connectivity index (χ4v) is 1.46. The molecule has 0 fully saturated rings. The van der Waals surface area contributed by atoms with E-state index in [-0.39, 0.29) is 5.91 Å². The molecule has 0 aliphatic carbocycles. The second-order valence-electron chi connectivity index (χ2n) is 1.69. The zero-order chi connectivity index (χ0) is 7.56. The summed E-state index contributed by atoms with van der Waals surface area (Å²) in [5.41, 5.74) is 1.63. The van der Waals surface area contributed by atoms with Gasteiger partial charge in [0, 0.05) is 6.92 Å². The minimum absolute atomic E-state index is 0.0976. The standard InChI is InChI=1S/C5H6N2OS2/c1-3(8)7-5-4(9)6-2-10-5/h2,9H,1H3,(H,7,8). The third-order valence-corrected chi connectivity index (χ3v) is 2.07. The monoisotopic (exact) mass is 174 g/mol. The Labute approximate surface area is 67.9 Å². The van der Waals surface area contributed by atoms with Gasteiger partial charge in [0.25, 0.3) is 0 Å². The van der Waals surface area contributed by atoms with E-state index in [0.717, 1.165) is 0 Å². The molecule has 1 aromatic rings. The molecule has 0 bridgehead atoms. The Bertz CT molecular complexity index is 246. The molecule has 0 spiro atoms. The molecule has 0 radical (unpaired) electrons. The van der Waals surface area contributed by atoms with E-state index in [0.29, 0.717) is 10.0 Å². The molecule has 0 saturated heterocycles. The Morgan fingerprint density at radius 3 is 3.00 bits per heavy atom. The van der Waals surface area contributed by atoms with Crippen molar-refractivity contribution in [3.63, 3.8) is 0 Å². The number of rotatable bonds is 1. The topological polar surface area (TPSA) is 42.0 Å². The van der Waals surface area contributed by atoms with E-state index in [1.165, 1.54) is 18.3 Å². The highest BCUT2D eigenvalue weighted by Crippen LogP contribution is 2.22. The van der Waals surface area contributed by atoms with Gasteiger partial charge in [-0.15, -0.1) is 24.0 Å². The van der Waals surface area contributed by atoms with Gasteiger partial charge < -0.3 is 5.32 Å². The maximum atomic E-state index is 10.5. The van der Waals surface area contributed by atoms with Gasteiger partial charge in [0.15, 0.2) is 0 Å². The Morgan fingerprint density at radius 2 is 2.60 bits per heavy atom. The minimum atomic E-state index is -0.0976. The number of hydrogen-bond donors (Lipinski definition) is 2. The molecule has 10 heavy (non-hydrogen) atoms. The van der Waals surface area contributed by atoms with E-state index in [4.69, 9.17) is 0 Å². The largest absolute Gasteiger partial charge is 0.316 e. The number of thiol groups is 1. The number of carbonyl (C=O) groups is 1. The van der Waals surface area contributed by atoms with Crippen LogP contribution in [0.25, 0.3) is 0 Å². The van der Waals surface area contributed by atoms with Crippen molar-refractivity contribution < 1.29 is 4.79 Å². The van der Waals surface area contributed by atoms with E-state index >= 15 is 0 Å². The molecule has 1 amide bonds. The molecule has 1 heterocycles. The lowest BCUT2D eigenvalue weighted by molar-refractivity contribution is -0.114. The summed E-state index contributed by atoms with van der Waals surface area (Å²) < 4.78 is 0. The quantitative estimate of drug-likeness (QED) is 0.632. The van der Waals surface area contributed by atoms with Crippen LogP contribution in [-0.4, -0.2) is 10.9 Å². The fraction of sp³-hybridized carbons (Fsp3) is 0.200. The maximum Gasteiger partial charge on any atom is 0.221 e. The van der Waals surface area contributed by atoms with E-state index in [1.807, 2.05) is 0 Å². The summed E-state index contributed by atoms with van der Waals surface area (Å²) in [4.78, 5) is 14.3. The second-order valence-corrected chi connectivity index (χ2v) is 2.96. The number of thiazole rings is 1. The van der Waals surface area contributed by atoms with Gasteiger partial charge in [-0.2, -0.15) is 0 Å². The molecular formula is C5H6N2OS2. The number of nitrogens with zero attached hydrogens (tertiary/aromatic N) is 1. The first-order valence-corrected chi connectivity index (χ1v) is 3.93. The molecular weight excluding hydrogens is 168 g/mol. The molecule has 5 heteroatoms. The van der Waals surface area contributed by atoms with Gasteiger partial charge in [0.2, 0.25) is 5.91 Å². The second kappa shape index (κ2) is 3.03. The summed E-state index contributed by atoms with van der Waals surface area (Å²) in [6.45, 7) is 1.45. The van der Waals surface area contributed by atoms with Crippen LogP contribution in [0.4, 0.5) is 5.00 Å². The van der Waals surface area contributed by atoms with Gasteiger partial charge in [-0.05, 0) is 0 Å². The molecule has 1 N–H and O–H groups in total. The molecule has 0 aromatic carbocycles. The highest BCUT2D eigenvalue weighted by Gasteiger charge is 2.01. The molecule has 0 atom stereocenters. The molecule has 3 nitrogen and oxygen atoms in total. The Morgan fingerprint density at radius 1 is 1.90 bits per heavy atom. The lowest BCUT2D eigenvalue weighted by Crippen LogP contribution is -2.04. The van der Waals surface area contributed by atoms with Crippen molar-refractivity contribution >= 4 is 34.9 Å². The highest BCUT2D eigenvalue weighted by atomic mass is 32.1. The van der Waals surface area contributed by atoms with E-state index < -0.39 is 0 Å². The first-order valence-electron chi connectivity index (χ1n) is 2.60. The van der Waals surface area contributed by atoms with Crippen molar-refractivity contribution in [1.82, 2.24) is 4.98 Å². The van der Waals surface area contributed by atoms with Crippen molar-refractivity contribution in [2.45, 2.75) is 11.9 Å². The van der Waals surface area contributed by atoms with Gasteiger partial charge in [0.05, 0.1) is 5.51 Å². The van der Waals surface area contributed by atoms with E-state index in [1.54, 1.807) is 5.51 Å². The molecule has 0 unspecified atom stereocenters. The van der Waals surface area contributed by atoms with Crippen LogP contribution < -0.4 is 5.32 Å². The van der Waals surface area contributed by atoms with Crippen molar-refractivity contribution in [2.24, 2.45) is 0 Å². The van der Waals surface area contributed by atoms with Crippen LogP contribution in [0.1, 0.15) is 6.92 Å². The highest BCUT2D eigenvalue weighted by molar-refractivity contribution is 7.80. The summed E-state index contributed by atoms with van der Waals surface area (Å²) in [5.74, 6) is -0.0976. The minimum Gasteiger partial charge on any atom is -0.316 e. The number of amides is 1. The van der Waals surface area contributed by atoms with Crippen LogP contribution in [0.3, 0.4) is 0 Å². The first kappa shape index (κ1) is 7.56. The molecule has 54 valence electrons. The maximum absolute atomic E-state index is 10.5. The Hall–Kier alpha value is -0.550. The molecule has 0 saturated carbocycles. The number of carbonyl (C=O) groups excluding carboxylic acids is 1. The predicted octanol–water partition coefficient (Wildman–Crippen LogP) is 1.39. The van der Waals surface area contributed by atoms with Gasteiger partial charge in [-0.1, -0.05) is 0 Å². The van der Waals surface area contributed by atoms with Gasteiger partial charge in [0.1, 0.15) is 10.0 Å². The lowest BCUT2D eigenvalue weighted by atomic mass is 10.7. The summed E-state index contributed by atoms with van der Waals surface area (Å²) in [6.07, 6.45) is 0. The smallest absolute Gasteiger partial charge is 0.221 e.